The van der Waals surface area contributed by atoms with Crippen molar-refractivity contribution in [3.63, 3.8) is 0 Å². The molecule has 0 aliphatic heterocycles. The van der Waals surface area contributed by atoms with Gasteiger partial charge in [0, 0.05) is 6.20 Å². The number of nitrogens with zero attached hydrogens (tertiary/aromatic N) is 1. The zero-order valence-electron chi connectivity index (χ0n) is 12.1. The molecule has 0 unspecified atom stereocenters. The van der Waals surface area contributed by atoms with E-state index in [0.717, 1.165) is 19.3 Å². The van der Waals surface area contributed by atoms with Crippen molar-refractivity contribution >= 4 is 11.9 Å². The summed E-state index contributed by atoms with van der Waals surface area (Å²) in [6.07, 6.45) is 5.06. The van der Waals surface area contributed by atoms with Crippen molar-refractivity contribution in [2.75, 3.05) is 6.61 Å². The lowest BCUT2D eigenvalue weighted by Gasteiger charge is -2.34. The Labute approximate surface area is 123 Å². The average molecular weight is 292 g/mol. The van der Waals surface area contributed by atoms with Gasteiger partial charge in [-0.1, -0.05) is 19.3 Å². The zero-order valence-corrected chi connectivity index (χ0v) is 12.1. The first-order valence-electron chi connectivity index (χ1n) is 7.23. The van der Waals surface area contributed by atoms with Crippen LogP contribution in [-0.4, -0.2) is 34.1 Å². The lowest BCUT2D eigenvalue weighted by atomic mass is 9.81. The van der Waals surface area contributed by atoms with Gasteiger partial charge in [0.1, 0.15) is 11.1 Å². The van der Waals surface area contributed by atoms with E-state index in [2.05, 4.69) is 10.3 Å². The van der Waals surface area contributed by atoms with Crippen LogP contribution in [0.2, 0.25) is 0 Å². The number of pyridine rings is 1. The normalized spacial score (nSPS) is 17.0. The van der Waals surface area contributed by atoms with Crippen LogP contribution in [0.15, 0.2) is 18.3 Å². The van der Waals surface area contributed by atoms with E-state index in [1.807, 2.05) is 0 Å². The number of rotatable bonds is 5. The van der Waals surface area contributed by atoms with Crippen molar-refractivity contribution in [3.8, 4) is 5.88 Å². The average Bonchev–Trinajstić information content (AvgIpc) is 2.49. The maximum atomic E-state index is 12.4. The Morgan fingerprint density at radius 1 is 1.38 bits per heavy atom. The van der Waals surface area contributed by atoms with Crippen molar-refractivity contribution in [1.82, 2.24) is 10.3 Å². The Morgan fingerprint density at radius 3 is 2.71 bits per heavy atom. The molecule has 6 nitrogen and oxygen atoms in total. The molecule has 1 heterocycles. The molecule has 0 radical (unpaired) electrons. The van der Waals surface area contributed by atoms with Gasteiger partial charge < -0.3 is 15.2 Å². The predicted molar refractivity (Wildman–Crippen MR) is 76.3 cm³/mol. The number of aromatic nitrogens is 1. The summed E-state index contributed by atoms with van der Waals surface area (Å²) < 4.78 is 5.32. The molecule has 0 saturated heterocycles. The summed E-state index contributed by atoms with van der Waals surface area (Å²) in [6, 6.07) is 3.22. The fraction of sp³-hybridized carbons (Fsp3) is 0.533. The number of carboxylic acids is 1. The van der Waals surface area contributed by atoms with Crippen LogP contribution in [-0.2, 0) is 4.79 Å². The summed E-state index contributed by atoms with van der Waals surface area (Å²) in [4.78, 5) is 28.0. The molecule has 0 aromatic carbocycles. The molecule has 2 rings (SSSR count). The lowest BCUT2D eigenvalue weighted by molar-refractivity contribution is -0.145. The van der Waals surface area contributed by atoms with Crippen LogP contribution < -0.4 is 10.1 Å². The second-order valence-electron chi connectivity index (χ2n) is 5.19. The van der Waals surface area contributed by atoms with Crippen LogP contribution >= 0.6 is 0 Å². The molecular weight excluding hydrogens is 272 g/mol. The fourth-order valence-electron chi connectivity index (χ4n) is 2.65. The van der Waals surface area contributed by atoms with Crippen molar-refractivity contribution in [2.24, 2.45) is 0 Å². The van der Waals surface area contributed by atoms with Crippen LogP contribution in [0.4, 0.5) is 0 Å². The molecule has 2 N–H and O–H groups in total. The Morgan fingerprint density at radius 2 is 2.10 bits per heavy atom. The van der Waals surface area contributed by atoms with Crippen LogP contribution in [0.5, 0.6) is 5.88 Å². The van der Waals surface area contributed by atoms with Gasteiger partial charge in [-0.25, -0.2) is 9.78 Å². The highest BCUT2D eigenvalue weighted by molar-refractivity contribution is 5.99. The molecule has 1 fully saturated rings. The number of nitrogens with one attached hydrogen (secondary N) is 1. The van der Waals surface area contributed by atoms with Crippen LogP contribution in [0.1, 0.15) is 49.4 Å². The molecule has 0 bridgehead atoms. The molecule has 1 aromatic heterocycles. The zero-order chi connectivity index (χ0) is 15.3. The van der Waals surface area contributed by atoms with Crippen molar-refractivity contribution in [1.29, 1.82) is 0 Å². The second-order valence-corrected chi connectivity index (χ2v) is 5.19. The molecule has 1 aromatic rings. The van der Waals surface area contributed by atoms with E-state index in [1.165, 1.54) is 6.20 Å². The number of carbonyl (C=O) groups excluding carboxylic acids is 1. The van der Waals surface area contributed by atoms with E-state index in [9.17, 15) is 14.7 Å². The van der Waals surface area contributed by atoms with E-state index in [0.29, 0.717) is 19.4 Å². The molecule has 1 aliphatic carbocycles. The number of hydrogen-bond donors (Lipinski definition) is 2. The van der Waals surface area contributed by atoms with Crippen molar-refractivity contribution in [3.05, 3.63) is 23.9 Å². The van der Waals surface area contributed by atoms with Gasteiger partial charge >= 0.3 is 5.97 Å². The molecule has 1 saturated carbocycles. The summed E-state index contributed by atoms with van der Waals surface area (Å²) in [7, 11) is 0. The largest absolute Gasteiger partial charge is 0.480 e. The van der Waals surface area contributed by atoms with Crippen LogP contribution in [0.25, 0.3) is 0 Å². The van der Waals surface area contributed by atoms with Crippen LogP contribution in [0.3, 0.4) is 0 Å². The number of hydrogen-bond acceptors (Lipinski definition) is 4. The fourth-order valence-corrected chi connectivity index (χ4v) is 2.65. The van der Waals surface area contributed by atoms with Gasteiger partial charge in [0.25, 0.3) is 5.91 Å². The predicted octanol–water partition coefficient (Wildman–Crippen LogP) is 2.00. The Bertz CT molecular complexity index is 524. The van der Waals surface area contributed by atoms with Gasteiger partial charge in [0.05, 0.1) is 6.61 Å². The first kappa shape index (κ1) is 15.3. The van der Waals surface area contributed by atoms with Gasteiger partial charge in [0.2, 0.25) is 5.88 Å². The number of ether oxygens (including phenoxy) is 1. The quantitative estimate of drug-likeness (QED) is 0.866. The third-order valence-electron chi connectivity index (χ3n) is 3.77. The smallest absolute Gasteiger partial charge is 0.329 e. The van der Waals surface area contributed by atoms with Crippen molar-refractivity contribution < 1.29 is 19.4 Å². The monoisotopic (exact) mass is 292 g/mol. The Kier molecular flexibility index (Phi) is 4.77. The van der Waals surface area contributed by atoms with E-state index in [4.69, 9.17) is 4.74 Å². The SMILES string of the molecule is CCOc1ncccc1C(=O)NC1(C(=O)O)CCCCC1. The van der Waals surface area contributed by atoms with Gasteiger partial charge in [-0.2, -0.15) is 0 Å². The first-order valence-corrected chi connectivity index (χ1v) is 7.23. The summed E-state index contributed by atoms with van der Waals surface area (Å²) in [5.74, 6) is -1.19. The number of carboxylic acid groups (broad SMARTS) is 1. The minimum atomic E-state index is -1.17. The molecule has 0 atom stereocenters. The highest BCUT2D eigenvalue weighted by Crippen LogP contribution is 2.29. The number of aliphatic carboxylic acids is 1. The maximum Gasteiger partial charge on any atom is 0.329 e. The Balaban J connectivity index is 2.21. The third-order valence-corrected chi connectivity index (χ3v) is 3.77. The topological polar surface area (TPSA) is 88.5 Å². The van der Waals surface area contributed by atoms with Gasteiger partial charge in [-0.3, -0.25) is 4.79 Å². The molecule has 6 heteroatoms. The highest BCUT2D eigenvalue weighted by atomic mass is 16.5. The third kappa shape index (κ3) is 3.32. The van der Waals surface area contributed by atoms with E-state index in [1.54, 1.807) is 19.1 Å². The van der Waals surface area contributed by atoms with Gasteiger partial charge in [0.15, 0.2) is 0 Å². The highest BCUT2D eigenvalue weighted by Gasteiger charge is 2.41. The summed E-state index contributed by atoms with van der Waals surface area (Å²) in [5, 5.41) is 12.2. The number of amides is 1. The maximum absolute atomic E-state index is 12.4. The van der Waals surface area contributed by atoms with Crippen LogP contribution in [0, 0.1) is 0 Å². The Hall–Kier alpha value is -2.11. The molecule has 1 aliphatic rings. The van der Waals surface area contributed by atoms with Crippen molar-refractivity contribution in [2.45, 2.75) is 44.6 Å². The molecule has 114 valence electrons. The van der Waals surface area contributed by atoms with E-state index >= 15 is 0 Å². The molecule has 1 amide bonds. The van der Waals surface area contributed by atoms with Gasteiger partial charge in [-0.05, 0) is 31.9 Å². The first-order chi connectivity index (χ1) is 10.1. The molecule has 0 spiro atoms. The lowest BCUT2D eigenvalue weighted by Crippen LogP contribution is -2.55. The summed E-state index contributed by atoms with van der Waals surface area (Å²) in [6.45, 7) is 2.19. The van der Waals surface area contributed by atoms with Gasteiger partial charge in [-0.15, -0.1) is 0 Å². The minimum absolute atomic E-state index is 0.230. The minimum Gasteiger partial charge on any atom is -0.480 e. The number of carbonyl (C=O) groups is 2. The summed E-state index contributed by atoms with van der Waals surface area (Å²) >= 11 is 0. The summed E-state index contributed by atoms with van der Waals surface area (Å²) in [5.41, 5.74) is -0.903. The molecule has 21 heavy (non-hydrogen) atoms. The van der Waals surface area contributed by atoms with E-state index in [-0.39, 0.29) is 11.4 Å². The second kappa shape index (κ2) is 6.56. The molecular formula is C15H20N2O4. The standard InChI is InChI=1S/C15H20N2O4/c1-2-21-13-11(7-6-10-16-13)12(18)17-15(14(19)20)8-4-3-5-9-15/h6-7,10H,2-5,8-9H2,1H3,(H,17,18)(H,19,20). The van der Waals surface area contributed by atoms with E-state index < -0.39 is 17.4 Å².